The van der Waals surface area contributed by atoms with Gasteiger partial charge in [0.15, 0.2) is 0 Å². The Morgan fingerprint density at radius 1 is 1.20 bits per heavy atom. The third kappa shape index (κ3) is 3.96. The molecule has 20 heavy (non-hydrogen) atoms. The number of anilines is 3. The molecule has 1 aliphatic carbocycles. The van der Waals surface area contributed by atoms with E-state index in [1.807, 2.05) is 13.0 Å². The summed E-state index contributed by atoms with van der Waals surface area (Å²) in [6.07, 6.45) is 4.76. The smallest absolute Gasteiger partial charge is 0.223 e. The lowest BCUT2D eigenvalue weighted by Crippen LogP contribution is -2.28. The van der Waals surface area contributed by atoms with E-state index in [1.54, 1.807) is 0 Å². The number of nitrogens with one attached hydrogen (secondary N) is 2. The van der Waals surface area contributed by atoms with Crippen molar-refractivity contribution >= 4 is 17.6 Å². The van der Waals surface area contributed by atoms with Crippen LogP contribution in [0.5, 0.6) is 0 Å². The predicted molar refractivity (Wildman–Crippen MR) is 81.6 cm³/mol. The van der Waals surface area contributed by atoms with E-state index in [-0.39, 0.29) is 12.6 Å². The van der Waals surface area contributed by atoms with Gasteiger partial charge < -0.3 is 21.5 Å². The van der Waals surface area contributed by atoms with E-state index in [0.29, 0.717) is 11.8 Å². The summed E-state index contributed by atoms with van der Waals surface area (Å²) in [6.45, 7) is 3.92. The molecule has 0 spiro atoms. The van der Waals surface area contributed by atoms with E-state index in [0.717, 1.165) is 31.1 Å². The van der Waals surface area contributed by atoms with Gasteiger partial charge in [0, 0.05) is 25.8 Å². The average Bonchev–Trinajstić information content (AvgIpc) is 2.45. The van der Waals surface area contributed by atoms with Crippen LogP contribution in [0, 0.1) is 11.8 Å². The van der Waals surface area contributed by atoms with Crippen molar-refractivity contribution in [2.75, 3.05) is 36.1 Å². The summed E-state index contributed by atoms with van der Waals surface area (Å²) in [5, 5.41) is 15.9. The van der Waals surface area contributed by atoms with E-state index in [4.69, 9.17) is 5.73 Å². The summed E-state index contributed by atoms with van der Waals surface area (Å²) in [6, 6.07) is 1.87. The highest BCUT2D eigenvalue weighted by Crippen LogP contribution is 2.29. The maximum Gasteiger partial charge on any atom is 0.223 e. The van der Waals surface area contributed by atoms with E-state index >= 15 is 0 Å². The molecule has 0 aliphatic heterocycles. The van der Waals surface area contributed by atoms with E-state index in [9.17, 15) is 5.11 Å². The zero-order chi connectivity index (χ0) is 14.4. The molecule has 1 aromatic heterocycles. The summed E-state index contributed by atoms with van der Waals surface area (Å²) in [5.41, 5.74) is 5.71. The van der Waals surface area contributed by atoms with E-state index in [2.05, 4.69) is 20.6 Å². The van der Waals surface area contributed by atoms with Gasteiger partial charge in [-0.15, -0.1) is 0 Å². The molecule has 1 fully saturated rings. The predicted octanol–water partition coefficient (Wildman–Crippen LogP) is 1.70. The standard InChI is InChI=1S/C14H25N5O/c1-2-16-12-7-13(19-14(15)18-12)17-8-10-5-3-4-6-11(10)9-20/h7,10-11,20H,2-6,8-9H2,1H3,(H4,15,16,17,18,19). The molecule has 0 radical (unpaired) electrons. The summed E-state index contributed by atoms with van der Waals surface area (Å²) >= 11 is 0. The Hall–Kier alpha value is -1.56. The fraction of sp³-hybridized carbons (Fsp3) is 0.714. The summed E-state index contributed by atoms with van der Waals surface area (Å²) in [7, 11) is 0. The quantitative estimate of drug-likeness (QED) is 0.633. The molecule has 2 rings (SSSR count). The first-order valence-electron chi connectivity index (χ1n) is 7.46. The molecule has 1 aromatic rings. The molecular formula is C14H25N5O. The Balaban J connectivity index is 1.95. The number of rotatable bonds is 6. The first kappa shape index (κ1) is 14.8. The third-order valence-electron chi connectivity index (χ3n) is 3.95. The minimum absolute atomic E-state index is 0.272. The second-order valence-corrected chi connectivity index (χ2v) is 5.40. The molecule has 1 heterocycles. The molecule has 6 nitrogen and oxygen atoms in total. The molecule has 0 amide bonds. The van der Waals surface area contributed by atoms with Crippen LogP contribution < -0.4 is 16.4 Å². The lowest BCUT2D eigenvalue weighted by molar-refractivity contribution is 0.141. The maximum atomic E-state index is 9.43. The molecule has 6 heteroatoms. The van der Waals surface area contributed by atoms with Crippen LogP contribution >= 0.6 is 0 Å². The van der Waals surface area contributed by atoms with Gasteiger partial charge in [0.25, 0.3) is 0 Å². The highest BCUT2D eigenvalue weighted by atomic mass is 16.3. The van der Waals surface area contributed by atoms with Crippen LogP contribution in [0.2, 0.25) is 0 Å². The van der Waals surface area contributed by atoms with Crippen LogP contribution in [-0.4, -0.2) is 34.8 Å². The highest BCUT2D eigenvalue weighted by molar-refractivity contribution is 5.50. The molecule has 1 aliphatic rings. The van der Waals surface area contributed by atoms with E-state index < -0.39 is 0 Å². The van der Waals surface area contributed by atoms with Crippen LogP contribution in [0.4, 0.5) is 17.6 Å². The number of aliphatic hydroxyl groups is 1. The number of hydrogen-bond donors (Lipinski definition) is 4. The monoisotopic (exact) mass is 279 g/mol. The number of nitrogens with zero attached hydrogens (tertiary/aromatic N) is 2. The Morgan fingerprint density at radius 3 is 2.50 bits per heavy atom. The molecule has 2 atom stereocenters. The topological polar surface area (TPSA) is 96.1 Å². The largest absolute Gasteiger partial charge is 0.396 e. The average molecular weight is 279 g/mol. The molecule has 112 valence electrons. The Labute approximate surface area is 120 Å². The maximum absolute atomic E-state index is 9.43. The van der Waals surface area contributed by atoms with Crippen molar-refractivity contribution in [3.05, 3.63) is 6.07 Å². The van der Waals surface area contributed by atoms with Crippen molar-refractivity contribution in [1.29, 1.82) is 0 Å². The van der Waals surface area contributed by atoms with Crippen molar-refractivity contribution in [3.8, 4) is 0 Å². The van der Waals surface area contributed by atoms with Crippen LogP contribution in [0.3, 0.4) is 0 Å². The number of nitrogen functional groups attached to an aromatic ring is 1. The van der Waals surface area contributed by atoms with Crippen molar-refractivity contribution in [2.45, 2.75) is 32.6 Å². The van der Waals surface area contributed by atoms with Gasteiger partial charge in [0.2, 0.25) is 5.95 Å². The molecule has 1 saturated carbocycles. The molecule has 2 unspecified atom stereocenters. The molecular weight excluding hydrogens is 254 g/mol. The summed E-state index contributed by atoms with van der Waals surface area (Å²) in [5.74, 6) is 2.67. The van der Waals surface area contributed by atoms with Gasteiger partial charge in [-0.1, -0.05) is 12.8 Å². The van der Waals surface area contributed by atoms with E-state index in [1.165, 1.54) is 19.3 Å². The Kier molecular flexibility index (Phi) is 5.40. The van der Waals surface area contributed by atoms with Crippen molar-refractivity contribution in [1.82, 2.24) is 9.97 Å². The number of aromatic nitrogens is 2. The normalized spacial score (nSPS) is 22.5. The lowest BCUT2D eigenvalue weighted by atomic mass is 9.79. The minimum atomic E-state index is 0.272. The van der Waals surface area contributed by atoms with Crippen LogP contribution in [-0.2, 0) is 0 Å². The Bertz CT molecular complexity index is 426. The third-order valence-corrected chi connectivity index (χ3v) is 3.95. The zero-order valence-corrected chi connectivity index (χ0v) is 12.1. The minimum Gasteiger partial charge on any atom is -0.396 e. The first-order valence-corrected chi connectivity index (χ1v) is 7.46. The highest BCUT2D eigenvalue weighted by Gasteiger charge is 2.24. The SMILES string of the molecule is CCNc1cc(NCC2CCCCC2CO)nc(N)n1. The lowest BCUT2D eigenvalue weighted by Gasteiger charge is -2.30. The van der Waals surface area contributed by atoms with Crippen molar-refractivity contribution in [2.24, 2.45) is 11.8 Å². The fourth-order valence-corrected chi connectivity index (χ4v) is 2.86. The summed E-state index contributed by atoms with van der Waals surface area (Å²) in [4.78, 5) is 8.33. The van der Waals surface area contributed by atoms with Gasteiger partial charge in [-0.3, -0.25) is 0 Å². The van der Waals surface area contributed by atoms with Gasteiger partial charge in [-0.05, 0) is 31.6 Å². The Morgan fingerprint density at radius 2 is 1.85 bits per heavy atom. The van der Waals surface area contributed by atoms with Crippen molar-refractivity contribution in [3.63, 3.8) is 0 Å². The molecule has 0 bridgehead atoms. The summed E-state index contributed by atoms with van der Waals surface area (Å²) < 4.78 is 0. The number of aliphatic hydroxyl groups excluding tert-OH is 1. The molecule has 0 aromatic carbocycles. The zero-order valence-electron chi connectivity index (χ0n) is 12.1. The van der Waals surface area contributed by atoms with Gasteiger partial charge >= 0.3 is 0 Å². The molecule has 0 saturated heterocycles. The van der Waals surface area contributed by atoms with Crippen LogP contribution in [0.25, 0.3) is 0 Å². The number of nitrogens with two attached hydrogens (primary N) is 1. The first-order chi connectivity index (χ1) is 9.72. The fourth-order valence-electron chi connectivity index (χ4n) is 2.86. The second kappa shape index (κ2) is 7.28. The van der Waals surface area contributed by atoms with Crippen LogP contribution in [0.1, 0.15) is 32.6 Å². The van der Waals surface area contributed by atoms with Crippen molar-refractivity contribution < 1.29 is 5.11 Å². The molecule has 5 N–H and O–H groups in total. The number of hydrogen-bond acceptors (Lipinski definition) is 6. The van der Waals surface area contributed by atoms with Gasteiger partial charge in [-0.2, -0.15) is 9.97 Å². The second-order valence-electron chi connectivity index (χ2n) is 5.40. The van der Waals surface area contributed by atoms with Gasteiger partial charge in [-0.25, -0.2) is 0 Å². The van der Waals surface area contributed by atoms with Gasteiger partial charge in [0.1, 0.15) is 11.6 Å². The van der Waals surface area contributed by atoms with Gasteiger partial charge in [0.05, 0.1) is 0 Å². The van der Waals surface area contributed by atoms with Crippen LogP contribution in [0.15, 0.2) is 6.07 Å².